The topological polar surface area (TPSA) is 51.1 Å². The van der Waals surface area contributed by atoms with E-state index in [4.69, 9.17) is 0 Å². The number of hydrogen-bond acceptors (Lipinski definition) is 2. The zero-order valence-corrected chi connectivity index (χ0v) is 12.8. The van der Waals surface area contributed by atoms with Gasteiger partial charge in [-0.25, -0.2) is 0 Å². The van der Waals surface area contributed by atoms with E-state index in [-0.39, 0.29) is 11.5 Å². The van der Waals surface area contributed by atoms with E-state index >= 15 is 0 Å². The summed E-state index contributed by atoms with van der Waals surface area (Å²) in [5.41, 5.74) is 3.43. The Morgan fingerprint density at radius 2 is 1.76 bits per heavy atom. The number of carbonyl (C=O) groups excluding carboxylic acids is 1. The van der Waals surface area contributed by atoms with Crippen molar-refractivity contribution in [3.05, 3.63) is 63.6 Å². The Labute approximate surface area is 124 Å². The number of pyridine rings is 1. The van der Waals surface area contributed by atoms with Gasteiger partial charge in [0.2, 0.25) is 5.91 Å². The highest BCUT2D eigenvalue weighted by atomic mass is 16.2. The van der Waals surface area contributed by atoms with E-state index in [2.05, 4.69) is 5.32 Å². The molecule has 21 heavy (non-hydrogen) atoms. The highest BCUT2D eigenvalue weighted by Crippen LogP contribution is 2.19. The molecule has 4 nitrogen and oxygen atoms in total. The molecule has 0 saturated carbocycles. The SMILES string of the molecule is Cc1cccc(NC(=O)C(C)n2cccc(C)c2=O)c1C. The van der Waals surface area contributed by atoms with Gasteiger partial charge < -0.3 is 9.88 Å². The van der Waals surface area contributed by atoms with Crippen LogP contribution in [0.2, 0.25) is 0 Å². The minimum absolute atomic E-state index is 0.138. The Morgan fingerprint density at radius 1 is 1.10 bits per heavy atom. The second-order valence-corrected chi connectivity index (χ2v) is 5.32. The molecule has 0 aliphatic carbocycles. The van der Waals surface area contributed by atoms with Gasteiger partial charge in [0.25, 0.3) is 5.56 Å². The summed E-state index contributed by atoms with van der Waals surface area (Å²) in [7, 11) is 0. The summed E-state index contributed by atoms with van der Waals surface area (Å²) < 4.78 is 1.45. The number of carbonyl (C=O) groups is 1. The fourth-order valence-corrected chi connectivity index (χ4v) is 2.18. The van der Waals surface area contributed by atoms with Crippen LogP contribution in [0.15, 0.2) is 41.3 Å². The number of aryl methyl sites for hydroxylation is 2. The van der Waals surface area contributed by atoms with Crippen LogP contribution in [0.4, 0.5) is 5.69 Å². The van der Waals surface area contributed by atoms with Crippen LogP contribution in [0.1, 0.15) is 29.7 Å². The third-order valence-corrected chi connectivity index (χ3v) is 3.82. The van der Waals surface area contributed by atoms with Crippen LogP contribution in [0.25, 0.3) is 0 Å². The monoisotopic (exact) mass is 284 g/mol. The summed E-state index contributed by atoms with van der Waals surface area (Å²) in [4.78, 5) is 24.4. The van der Waals surface area contributed by atoms with Crippen molar-refractivity contribution in [2.75, 3.05) is 5.32 Å². The van der Waals surface area contributed by atoms with Gasteiger partial charge in [-0.1, -0.05) is 18.2 Å². The molecular weight excluding hydrogens is 264 g/mol. The van der Waals surface area contributed by atoms with Gasteiger partial charge in [-0.05, 0) is 51.0 Å². The summed E-state index contributed by atoms with van der Waals surface area (Å²) >= 11 is 0. The van der Waals surface area contributed by atoms with Crippen LogP contribution >= 0.6 is 0 Å². The lowest BCUT2D eigenvalue weighted by Gasteiger charge is -2.17. The molecule has 110 valence electrons. The van der Waals surface area contributed by atoms with Gasteiger partial charge in [-0.2, -0.15) is 0 Å². The number of nitrogens with one attached hydrogen (secondary N) is 1. The standard InChI is InChI=1S/C17H20N2O2/c1-11-7-5-9-15(13(11)3)18-16(20)14(4)19-10-6-8-12(2)17(19)21/h5-10,14H,1-4H3,(H,18,20). The van der Waals surface area contributed by atoms with Crippen molar-refractivity contribution in [1.82, 2.24) is 4.57 Å². The average Bonchev–Trinajstić information content (AvgIpc) is 2.46. The first-order valence-corrected chi connectivity index (χ1v) is 6.96. The van der Waals surface area contributed by atoms with E-state index < -0.39 is 6.04 Å². The van der Waals surface area contributed by atoms with Gasteiger partial charge in [0.15, 0.2) is 0 Å². The maximum Gasteiger partial charge on any atom is 0.254 e. The fourth-order valence-electron chi connectivity index (χ4n) is 2.18. The molecule has 0 aliphatic rings. The van der Waals surface area contributed by atoms with Crippen LogP contribution in [0.5, 0.6) is 0 Å². The lowest BCUT2D eigenvalue weighted by Crippen LogP contribution is -2.32. The van der Waals surface area contributed by atoms with E-state index in [9.17, 15) is 9.59 Å². The minimum Gasteiger partial charge on any atom is -0.324 e. The summed E-state index contributed by atoms with van der Waals surface area (Å²) in [6.45, 7) is 7.43. The molecule has 1 unspecified atom stereocenters. The molecule has 2 rings (SSSR count). The van der Waals surface area contributed by atoms with Crippen LogP contribution in [0, 0.1) is 20.8 Å². The average molecular weight is 284 g/mol. The summed E-state index contributed by atoms with van der Waals surface area (Å²) in [6, 6.07) is 8.73. The molecule has 1 heterocycles. The third-order valence-electron chi connectivity index (χ3n) is 3.82. The van der Waals surface area contributed by atoms with Crippen molar-refractivity contribution in [3.63, 3.8) is 0 Å². The number of rotatable bonds is 3. The molecule has 0 saturated heterocycles. The van der Waals surface area contributed by atoms with Crippen molar-refractivity contribution in [3.8, 4) is 0 Å². The molecule has 2 aromatic rings. The lowest BCUT2D eigenvalue weighted by atomic mass is 10.1. The van der Waals surface area contributed by atoms with Crippen molar-refractivity contribution >= 4 is 11.6 Å². The van der Waals surface area contributed by atoms with Crippen LogP contribution in [-0.2, 0) is 4.79 Å². The fraction of sp³-hybridized carbons (Fsp3) is 0.294. The predicted octanol–water partition coefficient (Wildman–Crippen LogP) is 2.97. The molecule has 0 spiro atoms. The van der Waals surface area contributed by atoms with E-state index in [1.165, 1.54) is 4.57 Å². The molecular formula is C17H20N2O2. The Kier molecular flexibility index (Phi) is 4.26. The van der Waals surface area contributed by atoms with Gasteiger partial charge in [0.05, 0.1) is 0 Å². The largest absolute Gasteiger partial charge is 0.324 e. The van der Waals surface area contributed by atoms with Gasteiger partial charge in [-0.15, -0.1) is 0 Å². The summed E-state index contributed by atoms with van der Waals surface area (Å²) in [5.74, 6) is -0.198. The Morgan fingerprint density at radius 3 is 2.48 bits per heavy atom. The van der Waals surface area contributed by atoms with Crippen LogP contribution in [0.3, 0.4) is 0 Å². The van der Waals surface area contributed by atoms with E-state index in [1.807, 2.05) is 32.0 Å². The molecule has 0 fully saturated rings. The molecule has 0 aliphatic heterocycles. The van der Waals surface area contributed by atoms with Gasteiger partial charge in [0, 0.05) is 17.4 Å². The lowest BCUT2D eigenvalue weighted by molar-refractivity contribution is -0.118. The van der Waals surface area contributed by atoms with Crippen molar-refractivity contribution in [1.29, 1.82) is 0 Å². The molecule has 1 aromatic carbocycles. The first-order chi connectivity index (χ1) is 9.91. The quantitative estimate of drug-likeness (QED) is 0.942. The van der Waals surface area contributed by atoms with Gasteiger partial charge >= 0.3 is 0 Å². The number of hydrogen-bond donors (Lipinski definition) is 1. The Bertz CT molecular complexity index is 732. The Hall–Kier alpha value is -2.36. The third kappa shape index (κ3) is 3.05. The maximum atomic E-state index is 12.4. The molecule has 1 amide bonds. The van der Waals surface area contributed by atoms with E-state index in [1.54, 1.807) is 32.2 Å². The zero-order valence-electron chi connectivity index (χ0n) is 12.8. The van der Waals surface area contributed by atoms with Gasteiger partial charge in [0.1, 0.15) is 6.04 Å². The maximum absolute atomic E-state index is 12.4. The summed E-state index contributed by atoms with van der Waals surface area (Å²) in [5, 5.41) is 2.90. The second kappa shape index (κ2) is 5.95. The highest BCUT2D eigenvalue weighted by Gasteiger charge is 2.17. The molecule has 0 bridgehead atoms. The summed E-state index contributed by atoms with van der Waals surface area (Å²) in [6.07, 6.45) is 1.64. The molecule has 1 atom stereocenters. The molecule has 1 aromatic heterocycles. The van der Waals surface area contributed by atoms with Gasteiger partial charge in [-0.3, -0.25) is 9.59 Å². The minimum atomic E-state index is -0.558. The van der Waals surface area contributed by atoms with Crippen molar-refractivity contribution in [2.45, 2.75) is 33.7 Å². The normalized spacial score (nSPS) is 12.0. The number of benzene rings is 1. The van der Waals surface area contributed by atoms with Crippen molar-refractivity contribution < 1.29 is 4.79 Å². The highest BCUT2D eigenvalue weighted by molar-refractivity contribution is 5.94. The molecule has 1 N–H and O–H groups in total. The number of nitrogens with zero attached hydrogens (tertiary/aromatic N) is 1. The van der Waals surface area contributed by atoms with E-state index in [0.717, 1.165) is 16.8 Å². The first kappa shape index (κ1) is 15.0. The second-order valence-electron chi connectivity index (χ2n) is 5.32. The van der Waals surface area contributed by atoms with Crippen molar-refractivity contribution in [2.24, 2.45) is 0 Å². The number of amides is 1. The Balaban J connectivity index is 2.26. The van der Waals surface area contributed by atoms with Crippen LogP contribution in [-0.4, -0.2) is 10.5 Å². The number of aromatic nitrogens is 1. The zero-order chi connectivity index (χ0) is 15.6. The first-order valence-electron chi connectivity index (χ1n) is 6.96. The molecule has 0 radical (unpaired) electrons. The number of anilines is 1. The smallest absolute Gasteiger partial charge is 0.254 e. The molecule has 4 heteroatoms. The predicted molar refractivity (Wildman–Crippen MR) is 84.7 cm³/mol. The van der Waals surface area contributed by atoms with E-state index in [0.29, 0.717) is 5.56 Å². The van der Waals surface area contributed by atoms with Crippen LogP contribution < -0.4 is 10.9 Å².